The zero-order chi connectivity index (χ0) is 14.0. The second-order valence-corrected chi connectivity index (χ2v) is 6.90. The number of amidine groups is 1. The second-order valence-electron chi connectivity index (χ2n) is 4.13. The lowest BCUT2D eigenvalue weighted by Crippen LogP contribution is -2.22. The average molecular weight is 403 g/mol. The van der Waals surface area contributed by atoms with Gasteiger partial charge in [-0.05, 0) is 50.1 Å². The Morgan fingerprint density at radius 2 is 2.16 bits per heavy atom. The minimum Gasteiger partial charge on any atom is -0.384 e. The zero-order valence-corrected chi connectivity index (χ0v) is 14.3. The number of nitrogen functional groups attached to an aromatic ring is 1. The third-order valence-corrected chi connectivity index (χ3v) is 5.03. The minimum absolute atomic E-state index is 0.0710. The van der Waals surface area contributed by atoms with Crippen LogP contribution in [0.5, 0.6) is 0 Å². The Morgan fingerprint density at radius 1 is 1.42 bits per heavy atom. The molecule has 0 aliphatic heterocycles. The predicted octanol–water partition coefficient (Wildman–Crippen LogP) is 4.19. The van der Waals surface area contributed by atoms with Crippen LogP contribution >= 0.6 is 43.2 Å². The summed E-state index contributed by atoms with van der Waals surface area (Å²) in [5.41, 5.74) is 7.36. The molecule has 6 heteroatoms. The van der Waals surface area contributed by atoms with Crippen LogP contribution in [0.15, 0.2) is 38.6 Å². The Morgan fingerprint density at radius 3 is 2.74 bits per heavy atom. The number of hydrogen-bond acceptors (Lipinski definition) is 3. The summed E-state index contributed by atoms with van der Waals surface area (Å²) in [5, 5.41) is 9.78. The molecular weight excluding hydrogens is 390 g/mol. The molecule has 0 radical (unpaired) electrons. The molecule has 3 N–H and O–H groups in total. The lowest BCUT2D eigenvalue weighted by atomic mass is 10.1. The van der Waals surface area contributed by atoms with Crippen molar-refractivity contribution in [3.63, 3.8) is 0 Å². The number of nitrogens with one attached hydrogen (secondary N) is 1. The third kappa shape index (κ3) is 3.38. The maximum absolute atomic E-state index is 7.71. The Labute approximate surface area is 133 Å². The molecule has 1 aromatic carbocycles. The van der Waals surface area contributed by atoms with Crippen LogP contribution < -0.4 is 10.6 Å². The summed E-state index contributed by atoms with van der Waals surface area (Å²) in [6, 6.07) is 7.93. The van der Waals surface area contributed by atoms with E-state index in [1.54, 1.807) is 11.3 Å². The molecule has 100 valence electrons. The highest BCUT2D eigenvalue weighted by atomic mass is 79.9. The summed E-state index contributed by atoms with van der Waals surface area (Å²) in [6.45, 7) is 0.785. The summed E-state index contributed by atoms with van der Waals surface area (Å²) >= 11 is 8.62. The van der Waals surface area contributed by atoms with Crippen molar-refractivity contribution in [1.29, 1.82) is 5.41 Å². The number of halogens is 2. The van der Waals surface area contributed by atoms with Crippen molar-refractivity contribution in [1.82, 2.24) is 0 Å². The van der Waals surface area contributed by atoms with Crippen LogP contribution in [0.2, 0.25) is 0 Å². The molecule has 2 aromatic rings. The molecule has 0 saturated heterocycles. The first kappa shape index (κ1) is 14.6. The molecule has 1 aromatic heterocycles. The van der Waals surface area contributed by atoms with Gasteiger partial charge in [-0.3, -0.25) is 5.41 Å². The molecule has 3 nitrogen and oxygen atoms in total. The predicted molar refractivity (Wildman–Crippen MR) is 89.3 cm³/mol. The summed E-state index contributed by atoms with van der Waals surface area (Å²) in [5.74, 6) is 0.0710. The molecule has 0 saturated carbocycles. The van der Waals surface area contributed by atoms with Crippen molar-refractivity contribution in [3.8, 4) is 0 Å². The van der Waals surface area contributed by atoms with E-state index in [0.29, 0.717) is 0 Å². The number of anilines is 1. The standard InChI is InChI=1S/C13H13Br2N3S/c1-18(6-9-5-8(14)7-19-9)11-4-2-3-10(15)12(11)13(16)17/h2-5,7H,6H2,1H3,(H3,16,17). The molecule has 0 spiro atoms. The maximum atomic E-state index is 7.71. The highest BCUT2D eigenvalue weighted by Gasteiger charge is 2.13. The van der Waals surface area contributed by atoms with Gasteiger partial charge in [0, 0.05) is 31.9 Å². The second kappa shape index (κ2) is 6.07. The molecule has 0 unspecified atom stereocenters. The summed E-state index contributed by atoms with van der Waals surface area (Å²) < 4.78 is 1.94. The Bertz CT molecular complexity index is 610. The first-order valence-electron chi connectivity index (χ1n) is 5.56. The van der Waals surface area contributed by atoms with Crippen molar-refractivity contribution >= 4 is 54.7 Å². The van der Waals surface area contributed by atoms with E-state index in [1.807, 2.05) is 25.2 Å². The topological polar surface area (TPSA) is 53.1 Å². The van der Waals surface area contributed by atoms with Gasteiger partial charge in [-0.2, -0.15) is 0 Å². The van der Waals surface area contributed by atoms with Gasteiger partial charge < -0.3 is 10.6 Å². The fourth-order valence-corrected chi connectivity index (χ4v) is 3.93. The SMILES string of the molecule is CN(Cc1cc(Br)cs1)c1cccc(Br)c1C(=N)N. The molecule has 0 atom stereocenters. The van der Waals surface area contributed by atoms with Gasteiger partial charge in [0.15, 0.2) is 0 Å². The normalized spacial score (nSPS) is 10.5. The number of benzene rings is 1. The largest absolute Gasteiger partial charge is 0.384 e. The number of rotatable bonds is 4. The average Bonchev–Trinajstić information content (AvgIpc) is 2.73. The number of nitrogens with two attached hydrogens (primary N) is 1. The van der Waals surface area contributed by atoms with Crippen LogP contribution in [0.1, 0.15) is 10.4 Å². The highest BCUT2D eigenvalue weighted by molar-refractivity contribution is 9.10. The van der Waals surface area contributed by atoms with Gasteiger partial charge in [0.05, 0.1) is 12.1 Å². The van der Waals surface area contributed by atoms with Crippen molar-refractivity contribution in [2.24, 2.45) is 5.73 Å². The monoisotopic (exact) mass is 401 g/mol. The van der Waals surface area contributed by atoms with Crippen LogP contribution in [0.3, 0.4) is 0 Å². The van der Waals surface area contributed by atoms with E-state index in [9.17, 15) is 0 Å². The molecule has 1 heterocycles. The Balaban J connectivity index is 2.31. The zero-order valence-electron chi connectivity index (χ0n) is 10.3. The number of thiophene rings is 1. The third-order valence-electron chi connectivity index (χ3n) is 2.69. The molecular formula is C13H13Br2N3S. The van der Waals surface area contributed by atoms with Crippen LogP contribution in [-0.4, -0.2) is 12.9 Å². The fourth-order valence-electron chi connectivity index (χ4n) is 1.85. The van der Waals surface area contributed by atoms with E-state index in [2.05, 4.69) is 48.2 Å². The van der Waals surface area contributed by atoms with E-state index in [4.69, 9.17) is 11.1 Å². The van der Waals surface area contributed by atoms with E-state index in [-0.39, 0.29) is 5.84 Å². The number of nitrogens with zero attached hydrogens (tertiary/aromatic N) is 1. The van der Waals surface area contributed by atoms with E-state index in [1.165, 1.54) is 4.88 Å². The Kier molecular flexibility index (Phi) is 4.65. The number of hydrogen-bond donors (Lipinski definition) is 2. The van der Waals surface area contributed by atoms with Gasteiger partial charge in [-0.15, -0.1) is 11.3 Å². The van der Waals surface area contributed by atoms with E-state index in [0.717, 1.165) is 26.7 Å². The highest BCUT2D eigenvalue weighted by Crippen LogP contribution is 2.29. The van der Waals surface area contributed by atoms with Gasteiger partial charge in [0.25, 0.3) is 0 Å². The van der Waals surface area contributed by atoms with Crippen molar-refractivity contribution < 1.29 is 0 Å². The summed E-state index contributed by atoms with van der Waals surface area (Å²) in [4.78, 5) is 3.35. The Hall–Kier alpha value is -0.850. The molecule has 0 aliphatic carbocycles. The molecule has 0 aliphatic rings. The molecule has 0 fully saturated rings. The minimum atomic E-state index is 0.0710. The van der Waals surface area contributed by atoms with Crippen molar-refractivity contribution in [2.75, 3.05) is 11.9 Å². The van der Waals surface area contributed by atoms with Crippen molar-refractivity contribution in [3.05, 3.63) is 49.0 Å². The van der Waals surface area contributed by atoms with Crippen LogP contribution in [0.25, 0.3) is 0 Å². The van der Waals surface area contributed by atoms with Crippen LogP contribution in [0, 0.1) is 5.41 Å². The molecule has 19 heavy (non-hydrogen) atoms. The summed E-state index contributed by atoms with van der Waals surface area (Å²) in [7, 11) is 2.00. The molecule has 0 amide bonds. The maximum Gasteiger partial charge on any atom is 0.126 e. The molecule has 2 rings (SSSR count). The van der Waals surface area contributed by atoms with E-state index >= 15 is 0 Å². The summed E-state index contributed by atoms with van der Waals surface area (Å²) in [6.07, 6.45) is 0. The fraction of sp³-hybridized carbons (Fsp3) is 0.154. The van der Waals surface area contributed by atoms with Crippen LogP contribution in [0.4, 0.5) is 5.69 Å². The van der Waals surface area contributed by atoms with Gasteiger partial charge >= 0.3 is 0 Å². The quantitative estimate of drug-likeness (QED) is 0.594. The lowest BCUT2D eigenvalue weighted by Gasteiger charge is -2.22. The first-order chi connectivity index (χ1) is 8.99. The van der Waals surface area contributed by atoms with Crippen molar-refractivity contribution in [2.45, 2.75) is 6.54 Å². The van der Waals surface area contributed by atoms with Gasteiger partial charge in [0.2, 0.25) is 0 Å². The van der Waals surface area contributed by atoms with Crippen LogP contribution in [-0.2, 0) is 6.54 Å². The smallest absolute Gasteiger partial charge is 0.126 e. The lowest BCUT2D eigenvalue weighted by molar-refractivity contribution is 0.937. The first-order valence-corrected chi connectivity index (χ1v) is 8.02. The van der Waals surface area contributed by atoms with Gasteiger partial charge in [0.1, 0.15) is 5.84 Å². The van der Waals surface area contributed by atoms with E-state index < -0.39 is 0 Å². The van der Waals surface area contributed by atoms with Gasteiger partial charge in [-0.1, -0.05) is 6.07 Å². The van der Waals surface area contributed by atoms with Gasteiger partial charge in [-0.25, -0.2) is 0 Å². The molecule has 0 bridgehead atoms.